The summed E-state index contributed by atoms with van der Waals surface area (Å²) in [5.74, 6) is 0.902. The van der Waals surface area contributed by atoms with Gasteiger partial charge < -0.3 is 5.73 Å². The molecule has 3 heterocycles. The molecule has 8 heteroatoms. The van der Waals surface area contributed by atoms with Crippen molar-refractivity contribution in [3.05, 3.63) is 48.5 Å². The van der Waals surface area contributed by atoms with Crippen molar-refractivity contribution < 1.29 is 4.79 Å². The summed E-state index contributed by atoms with van der Waals surface area (Å²) in [5, 5.41) is 9.49. The number of amides is 1. The average molecular weight is 373 g/mol. The van der Waals surface area contributed by atoms with E-state index < -0.39 is 0 Å². The summed E-state index contributed by atoms with van der Waals surface area (Å²) in [5.41, 5.74) is 8.58. The summed E-state index contributed by atoms with van der Waals surface area (Å²) in [7, 11) is 0. The van der Waals surface area contributed by atoms with Crippen molar-refractivity contribution in [2.24, 2.45) is 17.6 Å². The summed E-state index contributed by atoms with van der Waals surface area (Å²) in [4.78, 5) is 24.9. The Hall–Kier alpha value is -3.42. The molecule has 0 radical (unpaired) electrons. The van der Waals surface area contributed by atoms with E-state index in [-0.39, 0.29) is 11.8 Å². The third-order valence-corrected chi connectivity index (χ3v) is 5.49. The van der Waals surface area contributed by atoms with Crippen molar-refractivity contribution in [2.45, 2.75) is 25.7 Å². The van der Waals surface area contributed by atoms with E-state index in [4.69, 9.17) is 10.7 Å². The number of primary amides is 1. The van der Waals surface area contributed by atoms with Gasteiger partial charge in [-0.25, -0.2) is 9.97 Å². The van der Waals surface area contributed by atoms with Crippen LogP contribution in [0.1, 0.15) is 25.1 Å². The van der Waals surface area contributed by atoms with Crippen LogP contribution < -0.4 is 5.73 Å². The molecule has 0 bridgehead atoms. The molecule has 1 saturated carbocycles. The van der Waals surface area contributed by atoms with Gasteiger partial charge in [0, 0.05) is 23.9 Å². The number of hydrogen-bond donors (Lipinski definition) is 1. The van der Waals surface area contributed by atoms with Gasteiger partial charge in [0.2, 0.25) is 5.91 Å². The van der Waals surface area contributed by atoms with Gasteiger partial charge in [0.1, 0.15) is 5.82 Å². The van der Waals surface area contributed by atoms with E-state index in [9.17, 15) is 4.79 Å². The minimum Gasteiger partial charge on any atom is -0.369 e. The summed E-state index contributed by atoms with van der Waals surface area (Å²) >= 11 is 0. The lowest BCUT2D eigenvalue weighted by Crippen LogP contribution is -2.21. The average Bonchev–Trinajstić information content (AvgIpc) is 3.34. The maximum absolute atomic E-state index is 11.4. The molecule has 0 unspecified atom stereocenters. The number of pyridine rings is 1. The largest absolute Gasteiger partial charge is 0.369 e. The molecule has 0 aliphatic heterocycles. The van der Waals surface area contributed by atoms with Gasteiger partial charge in [-0.05, 0) is 49.4 Å². The fourth-order valence-electron chi connectivity index (χ4n) is 4.01. The lowest BCUT2D eigenvalue weighted by Gasteiger charge is -2.09. The van der Waals surface area contributed by atoms with Crippen LogP contribution in [-0.2, 0) is 11.2 Å². The number of rotatable bonds is 4. The highest BCUT2D eigenvalue weighted by atomic mass is 16.1. The predicted octanol–water partition coefficient (Wildman–Crippen LogP) is 2.20. The van der Waals surface area contributed by atoms with Crippen molar-refractivity contribution in [1.82, 2.24) is 29.9 Å². The van der Waals surface area contributed by atoms with Crippen LogP contribution in [-0.4, -0.2) is 35.9 Å². The molecular formula is C20H19N7O. The lowest BCUT2D eigenvalue weighted by molar-refractivity contribution is -0.121. The number of nitrogens with zero attached hydrogens (tertiary/aromatic N) is 6. The van der Waals surface area contributed by atoms with Crippen LogP contribution in [0.3, 0.4) is 0 Å². The normalized spacial score (nSPS) is 19.4. The van der Waals surface area contributed by atoms with Crippen molar-refractivity contribution in [2.75, 3.05) is 0 Å². The molecule has 1 aromatic carbocycles. The molecule has 1 aliphatic carbocycles. The van der Waals surface area contributed by atoms with Gasteiger partial charge in [-0.3, -0.25) is 9.78 Å². The molecule has 5 rings (SSSR count). The number of benzene rings is 1. The maximum atomic E-state index is 11.4. The fourth-order valence-corrected chi connectivity index (χ4v) is 4.01. The number of fused-ring (bicyclic) bond motifs is 2. The monoisotopic (exact) mass is 373 g/mol. The summed E-state index contributed by atoms with van der Waals surface area (Å²) in [6, 6.07) is 9.86. The Morgan fingerprint density at radius 2 is 2.11 bits per heavy atom. The zero-order valence-electron chi connectivity index (χ0n) is 15.2. The van der Waals surface area contributed by atoms with Gasteiger partial charge in [-0.1, -0.05) is 11.3 Å². The minimum atomic E-state index is -0.202. The summed E-state index contributed by atoms with van der Waals surface area (Å²) in [6.07, 6.45) is 6.86. The molecule has 0 spiro atoms. The van der Waals surface area contributed by atoms with Gasteiger partial charge in [0.15, 0.2) is 11.2 Å². The smallest absolute Gasteiger partial charge is 0.220 e. The fraction of sp³-hybridized carbons (Fsp3) is 0.300. The first-order valence-corrected chi connectivity index (χ1v) is 9.39. The maximum Gasteiger partial charge on any atom is 0.220 e. The molecule has 4 aromatic rings. The van der Waals surface area contributed by atoms with E-state index >= 15 is 0 Å². The Kier molecular flexibility index (Phi) is 3.96. The topological polar surface area (TPSA) is 112 Å². The van der Waals surface area contributed by atoms with Gasteiger partial charge >= 0.3 is 0 Å². The molecule has 2 atom stereocenters. The van der Waals surface area contributed by atoms with Crippen molar-refractivity contribution in [3.63, 3.8) is 0 Å². The molecule has 28 heavy (non-hydrogen) atoms. The second kappa shape index (κ2) is 6.63. The second-order valence-corrected chi connectivity index (χ2v) is 7.36. The zero-order valence-corrected chi connectivity index (χ0v) is 15.2. The SMILES string of the molecule is NC(=O)[C@@H]1CC[C@@H](Cc2ncc3nnn(-c4ccc5ncccc5c4)c3n2)C1. The van der Waals surface area contributed by atoms with E-state index in [1.165, 1.54) is 0 Å². The van der Waals surface area contributed by atoms with E-state index in [1.54, 1.807) is 17.1 Å². The van der Waals surface area contributed by atoms with E-state index in [0.717, 1.165) is 48.1 Å². The highest BCUT2D eigenvalue weighted by molar-refractivity contribution is 5.81. The number of carbonyl (C=O) groups excluding carboxylic acids is 1. The Balaban J connectivity index is 1.47. The Morgan fingerprint density at radius 3 is 2.96 bits per heavy atom. The number of aromatic nitrogens is 6. The Bertz CT molecular complexity index is 1190. The van der Waals surface area contributed by atoms with E-state index in [2.05, 4.69) is 20.3 Å². The van der Waals surface area contributed by atoms with Crippen LogP contribution >= 0.6 is 0 Å². The number of hydrogen-bond acceptors (Lipinski definition) is 6. The highest BCUT2D eigenvalue weighted by Gasteiger charge is 2.29. The van der Waals surface area contributed by atoms with Crippen LogP contribution in [0.5, 0.6) is 0 Å². The molecule has 0 saturated heterocycles. The van der Waals surface area contributed by atoms with Gasteiger partial charge in [0.05, 0.1) is 17.4 Å². The molecule has 2 N–H and O–H groups in total. The first-order valence-electron chi connectivity index (χ1n) is 9.39. The molecule has 140 valence electrons. The molecular weight excluding hydrogens is 354 g/mol. The molecule has 1 fully saturated rings. The zero-order chi connectivity index (χ0) is 19.1. The van der Waals surface area contributed by atoms with Crippen molar-refractivity contribution in [3.8, 4) is 5.69 Å². The standard InChI is InChI=1S/C20H19N7O/c21-19(28)14-4-3-12(8-14)9-18-23-11-17-20(24-18)27(26-25-17)15-5-6-16-13(10-15)2-1-7-22-16/h1-2,5-7,10-12,14H,3-4,8-9H2,(H2,21,28)/t12-,14-/m1/s1. The van der Waals surface area contributed by atoms with Crippen LogP contribution in [0.4, 0.5) is 0 Å². The number of nitrogens with two attached hydrogens (primary N) is 1. The molecule has 1 amide bonds. The van der Waals surface area contributed by atoms with Gasteiger partial charge in [-0.15, -0.1) is 5.10 Å². The summed E-state index contributed by atoms with van der Waals surface area (Å²) < 4.78 is 1.73. The van der Waals surface area contributed by atoms with Crippen LogP contribution in [0.25, 0.3) is 27.8 Å². The van der Waals surface area contributed by atoms with Crippen LogP contribution in [0.2, 0.25) is 0 Å². The molecule has 8 nitrogen and oxygen atoms in total. The van der Waals surface area contributed by atoms with Gasteiger partial charge in [-0.2, -0.15) is 4.68 Å². The quantitative estimate of drug-likeness (QED) is 0.587. The van der Waals surface area contributed by atoms with Crippen LogP contribution in [0, 0.1) is 11.8 Å². The summed E-state index contributed by atoms with van der Waals surface area (Å²) in [6.45, 7) is 0. The predicted molar refractivity (Wildman–Crippen MR) is 103 cm³/mol. The second-order valence-electron chi connectivity index (χ2n) is 7.36. The highest BCUT2D eigenvalue weighted by Crippen LogP contribution is 2.32. The van der Waals surface area contributed by atoms with E-state index in [0.29, 0.717) is 17.1 Å². The minimum absolute atomic E-state index is 0.0212. The first kappa shape index (κ1) is 16.7. The lowest BCUT2D eigenvalue weighted by atomic mass is 10.0. The third-order valence-electron chi connectivity index (χ3n) is 5.49. The van der Waals surface area contributed by atoms with Gasteiger partial charge in [0.25, 0.3) is 0 Å². The molecule has 1 aliphatic rings. The van der Waals surface area contributed by atoms with E-state index in [1.807, 2.05) is 30.3 Å². The Labute approximate surface area is 160 Å². The van der Waals surface area contributed by atoms with Crippen molar-refractivity contribution in [1.29, 1.82) is 0 Å². The Morgan fingerprint density at radius 1 is 1.18 bits per heavy atom. The first-order chi connectivity index (χ1) is 13.7. The third kappa shape index (κ3) is 2.96. The van der Waals surface area contributed by atoms with Crippen molar-refractivity contribution >= 4 is 28.0 Å². The number of carbonyl (C=O) groups is 1. The van der Waals surface area contributed by atoms with Crippen LogP contribution in [0.15, 0.2) is 42.7 Å². The molecule has 3 aromatic heterocycles.